The molecule has 0 aromatic heterocycles. The number of benzene rings is 1. The number of hydrogen-bond donors (Lipinski definition) is 2. The minimum absolute atomic E-state index is 0.155. The Hall–Kier alpha value is -0.760. The minimum Gasteiger partial charge on any atom is -0.390 e. The van der Waals surface area contributed by atoms with E-state index in [0.717, 1.165) is 37.9 Å². The monoisotopic (exact) mass is 396 g/mol. The SMILES string of the molecule is CS(=O)(=O)c1ccc(N2CCC3CCC([C@@H](O)C4CCCS4)NC32)cc1. The highest BCUT2D eigenvalue weighted by atomic mass is 32.2. The molecule has 4 rings (SSSR count). The van der Waals surface area contributed by atoms with Gasteiger partial charge in [0.1, 0.15) is 0 Å². The van der Waals surface area contributed by atoms with Gasteiger partial charge in [0.15, 0.2) is 9.84 Å². The second-order valence-corrected chi connectivity index (χ2v) is 11.2. The zero-order valence-electron chi connectivity index (χ0n) is 15.2. The Morgan fingerprint density at radius 1 is 1.19 bits per heavy atom. The van der Waals surface area contributed by atoms with E-state index in [1.54, 1.807) is 12.1 Å². The molecule has 3 heterocycles. The molecule has 1 aromatic carbocycles. The minimum atomic E-state index is -3.17. The van der Waals surface area contributed by atoms with Crippen molar-refractivity contribution in [3.8, 4) is 0 Å². The summed E-state index contributed by atoms with van der Waals surface area (Å²) in [5.41, 5.74) is 1.06. The lowest BCUT2D eigenvalue weighted by Crippen LogP contribution is -2.57. The first kappa shape index (κ1) is 18.6. The number of nitrogens with one attached hydrogen (secondary N) is 1. The number of aliphatic hydroxyl groups excluding tert-OH is 1. The number of aliphatic hydroxyl groups is 1. The fraction of sp³-hybridized carbons (Fsp3) is 0.684. The van der Waals surface area contributed by atoms with Crippen LogP contribution < -0.4 is 10.2 Å². The Bertz CT molecular complexity index is 732. The third-order valence-electron chi connectivity index (χ3n) is 6.11. The number of sulfone groups is 1. The number of piperidine rings is 1. The molecular weight excluding hydrogens is 368 g/mol. The van der Waals surface area contributed by atoms with Gasteiger partial charge in [-0.15, -0.1) is 0 Å². The van der Waals surface area contributed by atoms with Crippen LogP contribution in [0.25, 0.3) is 0 Å². The summed E-state index contributed by atoms with van der Waals surface area (Å²) < 4.78 is 23.4. The summed E-state index contributed by atoms with van der Waals surface area (Å²) in [5, 5.41) is 14.9. The van der Waals surface area contributed by atoms with E-state index in [4.69, 9.17) is 0 Å². The highest BCUT2D eigenvalue weighted by Gasteiger charge is 2.42. The molecule has 3 aliphatic rings. The molecule has 3 fully saturated rings. The van der Waals surface area contributed by atoms with Crippen molar-refractivity contribution < 1.29 is 13.5 Å². The molecule has 3 aliphatic heterocycles. The van der Waals surface area contributed by atoms with Crippen molar-refractivity contribution in [3.63, 3.8) is 0 Å². The standard InChI is InChI=1S/C19H28N2O3S2/c1-26(23,24)15-7-5-14(6-8-15)21-11-10-13-4-9-16(20-19(13)21)18(22)17-3-2-12-25-17/h5-8,13,16-20,22H,2-4,9-12H2,1H3/t13?,16?,17?,18-,19?/m1/s1. The quantitative estimate of drug-likeness (QED) is 0.814. The van der Waals surface area contributed by atoms with E-state index in [1.807, 2.05) is 23.9 Å². The van der Waals surface area contributed by atoms with Gasteiger partial charge in [0.25, 0.3) is 0 Å². The molecule has 26 heavy (non-hydrogen) atoms. The fourth-order valence-corrected chi connectivity index (χ4v) is 6.64. The number of rotatable bonds is 4. The smallest absolute Gasteiger partial charge is 0.175 e. The van der Waals surface area contributed by atoms with Gasteiger partial charge in [-0.1, -0.05) is 0 Å². The molecule has 0 amide bonds. The van der Waals surface area contributed by atoms with Crippen LogP contribution in [0.1, 0.15) is 32.1 Å². The lowest BCUT2D eigenvalue weighted by Gasteiger charge is -2.41. The van der Waals surface area contributed by atoms with Crippen LogP contribution in [0.5, 0.6) is 0 Å². The highest BCUT2D eigenvalue weighted by molar-refractivity contribution is 8.00. The molecule has 4 unspecified atom stereocenters. The lowest BCUT2D eigenvalue weighted by molar-refractivity contribution is 0.0880. The van der Waals surface area contributed by atoms with Crippen LogP contribution in [0.15, 0.2) is 29.2 Å². The van der Waals surface area contributed by atoms with Gasteiger partial charge in [0.2, 0.25) is 0 Å². The van der Waals surface area contributed by atoms with Gasteiger partial charge < -0.3 is 10.0 Å². The second kappa shape index (κ2) is 7.34. The Balaban J connectivity index is 1.48. The number of hydrogen-bond acceptors (Lipinski definition) is 6. The zero-order valence-corrected chi connectivity index (χ0v) is 16.8. The molecule has 0 saturated carbocycles. The average Bonchev–Trinajstić information content (AvgIpc) is 3.30. The van der Waals surface area contributed by atoms with Crippen LogP contribution in [-0.4, -0.2) is 55.6 Å². The van der Waals surface area contributed by atoms with E-state index in [2.05, 4.69) is 10.2 Å². The molecule has 5 atom stereocenters. The van der Waals surface area contributed by atoms with Crippen molar-refractivity contribution in [3.05, 3.63) is 24.3 Å². The maximum absolute atomic E-state index is 11.7. The van der Waals surface area contributed by atoms with Crippen molar-refractivity contribution in [1.82, 2.24) is 5.32 Å². The van der Waals surface area contributed by atoms with Crippen LogP contribution >= 0.6 is 11.8 Å². The first-order valence-electron chi connectivity index (χ1n) is 9.56. The molecule has 0 bridgehead atoms. The maximum Gasteiger partial charge on any atom is 0.175 e. The molecule has 2 N–H and O–H groups in total. The third-order valence-corrected chi connectivity index (χ3v) is 8.71. The van der Waals surface area contributed by atoms with Crippen LogP contribution in [0.3, 0.4) is 0 Å². The summed E-state index contributed by atoms with van der Waals surface area (Å²) in [7, 11) is -3.17. The molecule has 1 aromatic rings. The van der Waals surface area contributed by atoms with Crippen molar-refractivity contribution in [2.45, 2.75) is 60.6 Å². The Kier molecular flexibility index (Phi) is 5.25. The molecule has 0 spiro atoms. The average molecular weight is 397 g/mol. The van der Waals surface area contributed by atoms with Crippen LogP contribution in [0, 0.1) is 5.92 Å². The van der Waals surface area contributed by atoms with E-state index in [1.165, 1.54) is 18.4 Å². The van der Waals surface area contributed by atoms with E-state index in [0.29, 0.717) is 16.1 Å². The molecule has 7 heteroatoms. The van der Waals surface area contributed by atoms with Crippen molar-refractivity contribution in [2.75, 3.05) is 23.5 Å². The Morgan fingerprint density at radius 3 is 2.62 bits per heavy atom. The highest BCUT2D eigenvalue weighted by Crippen LogP contribution is 2.38. The van der Waals surface area contributed by atoms with Gasteiger partial charge in [-0.3, -0.25) is 5.32 Å². The van der Waals surface area contributed by atoms with Gasteiger partial charge in [0, 0.05) is 29.8 Å². The first-order chi connectivity index (χ1) is 12.4. The normalized spacial score (nSPS) is 33.2. The molecule has 0 aliphatic carbocycles. The number of nitrogens with zero attached hydrogens (tertiary/aromatic N) is 1. The maximum atomic E-state index is 11.7. The Labute approximate surface area is 160 Å². The summed E-state index contributed by atoms with van der Waals surface area (Å²) in [6.45, 7) is 0.974. The molecular formula is C19H28N2O3S2. The van der Waals surface area contributed by atoms with Crippen LogP contribution in [0.2, 0.25) is 0 Å². The summed E-state index contributed by atoms with van der Waals surface area (Å²) >= 11 is 1.91. The van der Waals surface area contributed by atoms with Crippen LogP contribution in [-0.2, 0) is 9.84 Å². The topological polar surface area (TPSA) is 69.6 Å². The molecule has 144 valence electrons. The summed E-state index contributed by atoms with van der Waals surface area (Å²) in [6.07, 6.45) is 6.86. The first-order valence-corrected chi connectivity index (χ1v) is 12.5. The largest absolute Gasteiger partial charge is 0.390 e. The third kappa shape index (κ3) is 3.63. The number of thioether (sulfide) groups is 1. The van der Waals surface area contributed by atoms with E-state index >= 15 is 0 Å². The second-order valence-electron chi connectivity index (χ2n) is 7.85. The molecule has 3 saturated heterocycles. The number of fused-ring (bicyclic) bond motifs is 1. The molecule has 0 radical (unpaired) electrons. The predicted octanol–water partition coefficient (Wildman–Crippen LogP) is 2.25. The van der Waals surface area contributed by atoms with E-state index < -0.39 is 9.84 Å². The summed E-state index contributed by atoms with van der Waals surface area (Å²) in [5.74, 6) is 1.77. The summed E-state index contributed by atoms with van der Waals surface area (Å²) in [6, 6.07) is 7.37. The van der Waals surface area contributed by atoms with Crippen molar-refractivity contribution in [2.24, 2.45) is 5.92 Å². The Morgan fingerprint density at radius 2 is 1.96 bits per heavy atom. The zero-order chi connectivity index (χ0) is 18.3. The van der Waals surface area contributed by atoms with Crippen molar-refractivity contribution in [1.29, 1.82) is 0 Å². The van der Waals surface area contributed by atoms with E-state index in [9.17, 15) is 13.5 Å². The van der Waals surface area contributed by atoms with Gasteiger partial charge in [0.05, 0.1) is 17.2 Å². The van der Waals surface area contributed by atoms with Gasteiger partial charge in [-0.25, -0.2) is 8.42 Å². The van der Waals surface area contributed by atoms with Gasteiger partial charge >= 0.3 is 0 Å². The molecule has 5 nitrogen and oxygen atoms in total. The van der Waals surface area contributed by atoms with Crippen molar-refractivity contribution >= 4 is 27.3 Å². The van der Waals surface area contributed by atoms with Crippen LogP contribution in [0.4, 0.5) is 5.69 Å². The van der Waals surface area contributed by atoms with E-state index in [-0.39, 0.29) is 18.3 Å². The number of anilines is 1. The van der Waals surface area contributed by atoms with Gasteiger partial charge in [-0.2, -0.15) is 11.8 Å². The van der Waals surface area contributed by atoms with Gasteiger partial charge in [-0.05, 0) is 68.0 Å². The fourth-order valence-electron chi connectivity index (χ4n) is 4.66. The predicted molar refractivity (Wildman–Crippen MR) is 106 cm³/mol. The summed E-state index contributed by atoms with van der Waals surface area (Å²) in [4.78, 5) is 2.71. The lowest BCUT2D eigenvalue weighted by atomic mass is 9.88.